The molecule has 1 nitrogen and oxygen atoms in total. The Kier molecular flexibility index (Phi) is 1.74. The van der Waals surface area contributed by atoms with Gasteiger partial charge in [-0.2, -0.15) is 0 Å². The molecule has 0 amide bonds. The second-order valence-electron chi connectivity index (χ2n) is 2.95. The highest BCUT2D eigenvalue weighted by Gasteiger charge is 2.16. The molecule has 0 unspecified atom stereocenters. The van der Waals surface area contributed by atoms with Gasteiger partial charge in [-0.05, 0) is 30.2 Å². The summed E-state index contributed by atoms with van der Waals surface area (Å²) in [7, 11) is 0. The Hall–Kier alpha value is -0.340. The van der Waals surface area contributed by atoms with E-state index in [9.17, 15) is 0 Å². The SMILES string of the molecule is C[C@@H]1NCc2ccc(Br)cc21. The van der Waals surface area contributed by atoms with Gasteiger partial charge in [-0.15, -0.1) is 0 Å². The standard InChI is InChI=1S/C9H10BrN/c1-6-9-4-8(10)3-2-7(9)5-11-6/h2-4,6,11H,5H2,1H3/t6-/m0/s1. The van der Waals surface area contributed by atoms with E-state index in [0.29, 0.717) is 6.04 Å². The predicted octanol–water partition coefficient (Wildman–Crippen LogP) is 2.61. The Bertz CT molecular complexity index is 283. The Morgan fingerprint density at radius 2 is 2.36 bits per heavy atom. The first-order valence-electron chi connectivity index (χ1n) is 3.79. The lowest BCUT2D eigenvalue weighted by Gasteiger charge is -2.03. The van der Waals surface area contributed by atoms with Crippen LogP contribution in [-0.4, -0.2) is 0 Å². The first kappa shape index (κ1) is 7.32. The van der Waals surface area contributed by atoms with Crippen molar-refractivity contribution in [2.45, 2.75) is 19.5 Å². The fourth-order valence-electron chi connectivity index (χ4n) is 1.50. The quantitative estimate of drug-likeness (QED) is 0.696. The molecule has 0 aliphatic carbocycles. The molecule has 2 heteroatoms. The minimum atomic E-state index is 0.516. The highest BCUT2D eigenvalue weighted by molar-refractivity contribution is 9.10. The molecule has 0 bridgehead atoms. The van der Waals surface area contributed by atoms with Crippen LogP contribution in [0.1, 0.15) is 24.1 Å². The van der Waals surface area contributed by atoms with Gasteiger partial charge in [0.05, 0.1) is 0 Å². The van der Waals surface area contributed by atoms with Gasteiger partial charge in [0.2, 0.25) is 0 Å². The van der Waals surface area contributed by atoms with Crippen LogP contribution in [0.25, 0.3) is 0 Å². The fourth-order valence-corrected chi connectivity index (χ4v) is 1.88. The van der Waals surface area contributed by atoms with Gasteiger partial charge in [-0.25, -0.2) is 0 Å². The molecular weight excluding hydrogens is 202 g/mol. The molecule has 1 aliphatic heterocycles. The van der Waals surface area contributed by atoms with E-state index in [0.717, 1.165) is 6.54 Å². The molecule has 1 aliphatic rings. The van der Waals surface area contributed by atoms with Crippen LogP contribution in [0.2, 0.25) is 0 Å². The first-order valence-corrected chi connectivity index (χ1v) is 4.58. The van der Waals surface area contributed by atoms with Crippen LogP contribution < -0.4 is 5.32 Å². The minimum Gasteiger partial charge on any atom is -0.306 e. The van der Waals surface area contributed by atoms with Crippen LogP contribution in [0.5, 0.6) is 0 Å². The highest BCUT2D eigenvalue weighted by Crippen LogP contribution is 2.27. The molecule has 58 valence electrons. The lowest BCUT2D eigenvalue weighted by molar-refractivity contribution is 0.633. The first-order chi connectivity index (χ1) is 5.27. The summed E-state index contributed by atoms with van der Waals surface area (Å²) in [6.45, 7) is 3.21. The van der Waals surface area contributed by atoms with Crippen molar-refractivity contribution in [1.82, 2.24) is 5.32 Å². The van der Waals surface area contributed by atoms with E-state index in [-0.39, 0.29) is 0 Å². The van der Waals surface area contributed by atoms with Crippen LogP contribution in [-0.2, 0) is 6.54 Å². The van der Waals surface area contributed by atoms with Crippen LogP contribution in [0.15, 0.2) is 22.7 Å². The maximum Gasteiger partial charge on any atom is 0.0298 e. The zero-order chi connectivity index (χ0) is 7.84. The van der Waals surface area contributed by atoms with Gasteiger partial charge >= 0.3 is 0 Å². The molecule has 1 atom stereocenters. The van der Waals surface area contributed by atoms with Crippen LogP contribution >= 0.6 is 15.9 Å². The van der Waals surface area contributed by atoms with Crippen LogP contribution in [0, 0.1) is 0 Å². The Balaban J connectivity index is 2.52. The predicted molar refractivity (Wildman–Crippen MR) is 49.4 cm³/mol. The number of benzene rings is 1. The molecule has 2 rings (SSSR count). The maximum atomic E-state index is 3.46. The number of hydrogen-bond donors (Lipinski definition) is 1. The summed E-state index contributed by atoms with van der Waals surface area (Å²) in [6.07, 6.45) is 0. The lowest BCUT2D eigenvalue weighted by Crippen LogP contribution is -2.06. The monoisotopic (exact) mass is 211 g/mol. The lowest BCUT2D eigenvalue weighted by atomic mass is 10.1. The highest BCUT2D eigenvalue weighted by atomic mass is 79.9. The van der Waals surface area contributed by atoms with Gasteiger partial charge in [0.1, 0.15) is 0 Å². The van der Waals surface area contributed by atoms with E-state index in [1.807, 2.05) is 0 Å². The van der Waals surface area contributed by atoms with Crippen molar-refractivity contribution in [3.8, 4) is 0 Å². The second kappa shape index (κ2) is 2.61. The summed E-state index contributed by atoms with van der Waals surface area (Å²) in [5.74, 6) is 0. The largest absolute Gasteiger partial charge is 0.306 e. The van der Waals surface area contributed by atoms with Crippen molar-refractivity contribution in [2.24, 2.45) is 0 Å². The molecule has 0 radical (unpaired) electrons. The molecule has 0 saturated heterocycles. The van der Waals surface area contributed by atoms with Gasteiger partial charge in [0.15, 0.2) is 0 Å². The van der Waals surface area contributed by atoms with Crippen molar-refractivity contribution in [2.75, 3.05) is 0 Å². The van der Waals surface area contributed by atoms with E-state index in [1.54, 1.807) is 0 Å². The van der Waals surface area contributed by atoms with E-state index in [1.165, 1.54) is 15.6 Å². The van der Waals surface area contributed by atoms with Crippen LogP contribution in [0.3, 0.4) is 0 Å². The second-order valence-corrected chi connectivity index (χ2v) is 3.86. The van der Waals surface area contributed by atoms with E-state index in [4.69, 9.17) is 0 Å². The van der Waals surface area contributed by atoms with Gasteiger partial charge in [-0.1, -0.05) is 22.0 Å². The summed E-state index contributed by atoms with van der Waals surface area (Å²) in [4.78, 5) is 0. The number of nitrogens with one attached hydrogen (secondary N) is 1. The molecule has 1 N–H and O–H groups in total. The maximum absolute atomic E-state index is 3.46. The molecule has 0 spiro atoms. The molecule has 1 aromatic carbocycles. The fraction of sp³-hybridized carbons (Fsp3) is 0.333. The third-order valence-corrected chi connectivity index (χ3v) is 2.67. The van der Waals surface area contributed by atoms with Crippen LogP contribution in [0.4, 0.5) is 0 Å². The normalized spacial score (nSPS) is 21.8. The topological polar surface area (TPSA) is 12.0 Å². The third-order valence-electron chi connectivity index (χ3n) is 2.17. The Labute approximate surface area is 74.9 Å². The van der Waals surface area contributed by atoms with Gasteiger partial charge in [0.25, 0.3) is 0 Å². The molecular formula is C9H10BrN. The third kappa shape index (κ3) is 1.21. The number of hydrogen-bond acceptors (Lipinski definition) is 1. The summed E-state index contributed by atoms with van der Waals surface area (Å²) in [5, 5.41) is 3.39. The molecule has 0 aromatic heterocycles. The zero-order valence-corrected chi connectivity index (χ0v) is 7.98. The number of rotatable bonds is 0. The summed E-state index contributed by atoms with van der Waals surface area (Å²) in [5.41, 5.74) is 2.86. The molecule has 1 heterocycles. The summed E-state index contributed by atoms with van der Waals surface area (Å²) >= 11 is 3.46. The smallest absolute Gasteiger partial charge is 0.0298 e. The molecule has 1 aromatic rings. The van der Waals surface area contributed by atoms with Crippen molar-refractivity contribution in [1.29, 1.82) is 0 Å². The Morgan fingerprint density at radius 1 is 1.55 bits per heavy atom. The van der Waals surface area contributed by atoms with E-state index >= 15 is 0 Å². The summed E-state index contributed by atoms with van der Waals surface area (Å²) in [6, 6.07) is 6.98. The van der Waals surface area contributed by atoms with Gasteiger partial charge in [0, 0.05) is 17.1 Å². The van der Waals surface area contributed by atoms with E-state index in [2.05, 4.69) is 46.4 Å². The Morgan fingerprint density at radius 3 is 3.18 bits per heavy atom. The molecule has 0 fully saturated rings. The van der Waals surface area contributed by atoms with Crippen molar-refractivity contribution < 1.29 is 0 Å². The van der Waals surface area contributed by atoms with Crippen molar-refractivity contribution in [3.63, 3.8) is 0 Å². The molecule has 0 saturated carbocycles. The average Bonchev–Trinajstić information content (AvgIpc) is 2.33. The average molecular weight is 212 g/mol. The summed E-state index contributed by atoms with van der Waals surface area (Å²) < 4.78 is 1.17. The van der Waals surface area contributed by atoms with Crippen molar-refractivity contribution >= 4 is 15.9 Å². The van der Waals surface area contributed by atoms with Gasteiger partial charge in [-0.3, -0.25) is 0 Å². The molecule has 11 heavy (non-hydrogen) atoms. The zero-order valence-electron chi connectivity index (χ0n) is 6.39. The minimum absolute atomic E-state index is 0.516. The number of halogens is 1. The van der Waals surface area contributed by atoms with E-state index < -0.39 is 0 Å². The van der Waals surface area contributed by atoms with Crippen molar-refractivity contribution in [3.05, 3.63) is 33.8 Å². The van der Waals surface area contributed by atoms with Gasteiger partial charge < -0.3 is 5.32 Å². The number of fused-ring (bicyclic) bond motifs is 1.